The van der Waals surface area contributed by atoms with Gasteiger partial charge in [0.1, 0.15) is 11.8 Å². The highest BCUT2D eigenvalue weighted by Crippen LogP contribution is 2.44. The smallest absolute Gasteiger partial charge is 0.315 e. The number of hydrogen-bond donors (Lipinski definition) is 0. The van der Waals surface area contributed by atoms with E-state index in [0.29, 0.717) is 18.5 Å². The molecule has 1 aliphatic rings. The second-order valence-electron chi connectivity index (χ2n) is 6.16. The minimum atomic E-state index is -1.21. The molecule has 5 heteroatoms. The molecule has 1 unspecified atom stereocenters. The average Bonchev–Trinajstić information content (AvgIpc) is 2.51. The third kappa shape index (κ3) is 2.60. The van der Waals surface area contributed by atoms with Gasteiger partial charge in [-0.15, -0.1) is 6.42 Å². The number of hydrogen-bond acceptors (Lipinski definition) is 3. The topological polar surface area (TPSA) is 60.4 Å². The minimum absolute atomic E-state index is 0.0159. The largest absolute Gasteiger partial charge is 0.530 e. The Balaban J connectivity index is 2.70. The molecular weight excluding hydrogens is 292 g/mol. The van der Waals surface area contributed by atoms with Gasteiger partial charge in [-0.2, -0.15) is 0 Å². The number of rotatable bonds is 2. The van der Waals surface area contributed by atoms with Crippen molar-refractivity contribution in [3.05, 3.63) is 29.3 Å². The summed E-state index contributed by atoms with van der Waals surface area (Å²) in [5.41, 5.74) is 2.27. The second-order valence-corrected chi connectivity index (χ2v) is 6.16. The molecule has 23 heavy (non-hydrogen) atoms. The molecule has 0 fully saturated rings. The summed E-state index contributed by atoms with van der Waals surface area (Å²) >= 11 is 0. The lowest BCUT2D eigenvalue weighted by molar-refractivity contribution is -0.268. The van der Waals surface area contributed by atoms with Crippen LogP contribution in [-0.4, -0.2) is 36.5 Å². The van der Waals surface area contributed by atoms with Crippen LogP contribution in [0.2, 0.25) is 0 Å². The van der Waals surface area contributed by atoms with Gasteiger partial charge < -0.3 is 14.8 Å². The molecule has 5 nitrogen and oxygen atoms in total. The molecule has 1 aromatic carbocycles. The Hall–Kier alpha value is -2.32. The van der Waals surface area contributed by atoms with Crippen LogP contribution in [0, 0.1) is 12.3 Å². The van der Waals surface area contributed by atoms with E-state index in [0.717, 1.165) is 11.3 Å². The van der Waals surface area contributed by atoms with Crippen LogP contribution in [0.3, 0.4) is 0 Å². The van der Waals surface area contributed by atoms with Crippen molar-refractivity contribution in [2.45, 2.75) is 39.3 Å². The normalized spacial score (nSPS) is 26.0. The van der Waals surface area contributed by atoms with E-state index in [1.54, 1.807) is 19.9 Å². The number of nitrogens with zero attached hydrogens (tertiary/aromatic N) is 2. The monoisotopic (exact) mass is 314 g/mol. The number of carboxylic acid groups (broad SMARTS) is 1. The van der Waals surface area contributed by atoms with Gasteiger partial charge in [0.05, 0.1) is 26.1 Å². The quantitative estimate of drug-likeness (QED) is 0.616. The van der Waals surface area contributed by atoms with Gasteiger partial charge >= 0.3 is 5.91 Å². The highest BCUT2D eigenvalue weighted by Gasteiger charge is 2.46. The standard InChI is InChI=1S/C18H22N2O3/c1-6-14-8-9-17-15(11-14)16(19(7-2)18(22)23)10-12(3)20(17,5)13(4)21/h1,8-9,11-12,16H,7,10H2,2-5H3/t12-,16+,20?/m0/s1. The van der Waals surface area contributed by atoms with E-state index in [9.17, 15) is 14.7 Å². The lowest BCUT2D eigenvalue weighted by Crippen LogP contribution is -2.60. The van der Waals surface area contributed by atoms with Crippen LogP contribution in [0.4, 0.5) is 10.5 Å². The van der Waals surface area contributed by atoms with Gasteiger partial charge in [-0.05, 0) is 26.0 Å². The molecule has 3 atom stereocenters. The van der Waals surface area contributed by atoms with E-state index in [4.69, 9.17) is 6.42 Å². The number of amides is 2. The first-order chi connectivity index (χ1) is 10.8. The molecule has 122 valence electrons. The molecule has 1 heterocycles. The van der Waals surface area contributed by atoms with Gasteiger partial charge in [-0.25, -0.2) is 9.28 Å². The summed E-state index contributed by atoms with van der Waals surface area (Å²) in [4.78, 5) is 25.1. The van der Waals surface area contributed by atoms with E-state index >= 15 is 0 Å². The van der Waals surface area contributed by atoms with Crippen molar-refractivity contribution in [1.29, 1.82) is 0 Å². The van der Waals surface area contributed by atoms with Crippen molar-refractivity contribution < 1.29 is 14.7 Å². The molecule has 0 bridgehead atoms. The minimum Gasteiger partial charge on any atom is -0.530 e. The molecule has 0 spiro atoms. The summed E-state index contributed by atoms with van der Waals surface area (Å²) in [6, 6.07) is 5.06. The first kappa shape index (κ1) is 17.0. The van der Waals surface area contributed by atoms with Crippen LogP contribution < -0.4 is 9.59 Å². The van der Waals surface area contributed by atoms with Gasteiger partial charge in [-0.1, -0.05) is 5.92 Å². The zero-order valence-corrected chi connectivity index (χ0v) is 14.0. The molecule has 0 radical (unpaired) electrons. The van der Waals surface area contributed by atoms with Crippen molar-refractivity contribution >= 4 is 17.7 Å². The predicted octanol–water partition coefficient (Wildman–Crippen LogP) is 1.65. The molecule has 1 aromatic rings. The van der Waals surface area contributed by atoms with Crippen molar-refractivity contribution in [3.63, 3.8) is 0 Å². The highest BCUT2D eigenvalue weighted by atomic mass is 16.4. The van der Waals surface area contributed by atoms with Gasteiger partial charge in [0.25, 0.3) is 0 Å². The maximum absolute atomic E-state index is 12.3. The number of carbonyl (C=O) groups is 2. The predicted molar refractivity (Wildman–Crippen MR) is 87.4 cm³/mol. The van der Waals surface area contributed by atoms with Crippen molar-refractivity contribution in [2.24, 2.45) is 0 Å². The first-order valence-electron chi connectivity index (χ1n) is 7.73. The van der Waals surface area contributed by atoms with Gasteiger partial charge in [0.2, 0.25) is 0 Å². The van der Waals surface area contributed by atoms with Crippen LogP contribution >= 0.6 is 0 Å². The van der Waals surface area contributed by atoms with E-state index < -0.39 is 6.09 Å². The Kier molecular flexibility index (Phi) is 4.49. The zero-order valence-electron chi connectivity index (χ0n) is 14.0. The SMILES string of the molecule is C#Cc1ccc2c(c1)[C@H](N(CC)C(=O)[O-])C[C@H](C)[N+]2(C)C(C)=O. The molecule has 0 saturated heterocycles. The summed E-state index contributed by atoms with van der Waals surface area (Å²) in [7, 11) is 1.87. The molecule has 2 amide bonds. The Morgan fingerprint density at radius 2 is 2.13 bits per heavy atom. The van der Waals surface area contributed by atoms with E-state index in [-0.39, 0.29) is 22.5 Å². The Morgan fingerprint density at radius 1 is 1.48 bits per heavy atom. The van der Waals surface area contributed by atoms with Crippen molar-refractivity contribution in [2.75, 3.05) is 13.6 Å². The lowest BCUT2D eigenvalue weighted by Gasteiger charge is -2.46. The Bertz CT molecular complexity index is 692. The maximum Gasteiger partial charge on any atom is 0.315 e. The summed E-state index contributed by atoms with van der Waals surface area (Å²) in [6.45, 7) is 5.63. The molecule has 0 aromatic heterocycles. The van der Waals surface area contributed by atoms with Crippen LogP contribution in [-0.2, 0) is 4.79 Å². The van der Waals surface area contributed by atoms with E-state index in [1.165, 1.54) is 4.90 Å². The fraction of sp³-hybridized carbons (Fsp3) is 0.444. The van der Waals surface area contributed by atoms with Crippen LogP contribution in [0.1, 0.15) is 44.4 Å². The van der Waals surface area contributed by atoms with Crippen LogP contribution in [0.15, 0.2) is 18.2 Å². The summed E-state index contributed by atoms with van der Waals surface area (Å²) in [6.07, 6.45) is 4.82. The average molecular weight is 314 g/mol. The lowest BCUT2D eigenvalue weighted by atomic mass is 9.87. The first-order valence-corrected chi connectivity index (χ1v) is 7.73. The van der Waals surface area contributed by atoms with Crippen LogP contribution in [0.5, 0.6) is 0 Å². The van der Waals surface area contributed by atoms with E-state index in [2.05, 4.69) is 5.92 Å². The number of quaternary nitrogens is 1. The number of terminal acetylenes is 1. The molecule has 0 aliphatic carbocycles. The third-order valence-electron chi connectivity index (χ3n) is 5.11. The summed E-state index contributed by atoms with van der Waals surface area (Å²) in [5.74, 6) is 2.59. The van der Waals surface area contributed by atoms with E-state index in [1.807, 2.05) is 26.1 Å². The fourth-order valence-corrected chi connectivity index (χ4v) is 3.48. The van der Waals surface area contributed by atoms with Gasteiger partial charge in [0.15, 0.2) is 0 Å². The number of fused-ring (bicyclic) bond motifs is 1. The highest BCUT2D eigenvalue weighted by molar-refractivity contribution is 5.88. The molecule has 0 saturated carbocycles. The van der Waals surface area contributed by atoms with Crippen molar-refractivity contribution in [3.8, 4) is 12.3 Å². The third-order valence-corrected chi connectivity index (χ3v) is 5.11. The Labute approximate surface area is 137 Å². The number of carbonyl (C=O) groups excluding carboxylic acids is 2. The maximum atomic E-state index is 12.3. The Morgan fingerprint density at radius 3 is 2.61 bits per heavy atom. The molecule has 2 rings (SSSR count). The van der Waals surface area contributed by atoms with Crippen molar-refractivity contribution in [1.82, 2.24) is 9.38 Å². The molecule has 1 aliphatic heterocycles. The zero-order chi connectivity index (χ0) is 17.4. The van der Waals surface area contributed by atoms with Gasteiger partial charge in [0, 0.05) is 30.2 Å². The number of benzene rings is 1. The second kappa shape index (κ2) is 6.05. The fourth-order valence-electron chi connectivity index (χ4n) is 3.48. The molecular formula is C18H22N2O3. The summed E-state index contributed by atoms with van der Waals surface area (Å²) in [5, 5.41) is 11.5. The summed E-state index contributed by atoms with van der Waals surface area (Å²) < 4.78 is 0.140. The van der Waals surface area contributed by atoms with Gasteiger partial charge in [-0.3, -0.25) is 0 Å². The van der Waals surface area contributed by atoms with Crippen LogP contribution in [0.25, 0.3) is 0 Å². The molecule has 0 N–H and O–H groups in total.